The van der Waals surface area contributed by atoms with Crippen molar-refractivity contribution in [2.75, 3.05) is 47.0 Å². The maximum Gasteiger partial charge on any atom is 0.223 e. The summed E-state index contributed by atoms with van der Waals surface area (Å²) in [6.07, 6.45) is 9.91. The molecule has 1 aromatic rings. The van der Waals surface area contributed by atoms with Crippen LogP contribution in [0, 0.1) is 11.8 Å². The van der Waals surface area contributed by atoms with Crippen molar-refractivity contribution < 1.29 is 19.4 Å². The third kappa shape index (κ3) is 8.43. The zero-order valence-corrected chi connectivity index (χ0v) is 22.4. The normalized spacial score (nSPS) is 22.1. The standard InChI is InChI=1S/C28H45ClN2O4/c1-30-20-23(17-22-9-4-3-5-10-22)18-27(32)31-14-16-35-26(21-31)28(33,13-6-7-15-34-2)24-11-8-12-25(29)19-24/h8,11-12,19,22-23,26,30,33H,3-7,9-10,13-18,20-21H2,1-2H3/t23-,26-,28-/m1/s1. The molecule has 1 aromatic carbocycles. The summed E-state index contributed by atoms with van der Waals surface area (Å²) in [4.78, 5) is 15.3. The molecule has 1 heterocycles. The molecule has 1 amide bonds. The van der Waals surface area contributed by atoms with Crippen LogP contribution in [0.4, 0.5) is 0 Å². The zero-order chi connectivity index (χ0) is 25.1. The summed E-state index contributed by atoms with van der Waals surface area (Å²) in [7, 11) is 3.66. The second-order valence-corrected chi connectivity index (χ2v) is 10.9. The Morgan fingerprint density at radius 2 is 2.11 bits per heavy atom. The highest BCUT2D eigenvalue weighted by atomic mass is 35.5. The number of unbranched alkanes of at least 4 members (excludes halogenated alkanes) is 1. The highest BCUT2D eigenvalue weighted by Gasteiger charge is 2.42. The number of amides is 1. The van der Waals surface area contributed by atoms with Gasteiger partial charge in [0.05, 0.1) is 13.2 Å². The Labute approximate surface area is 216 Å². The van der Waals surface area contributed by atoms with Gasteiger partial charge in [0.2, 0.25) is 5.91 Å². The smallest absolute Gasteiger partial charge is 0.223 e. The van der Waals surface area contributed by atoms with Gasteiger partial charge in [-0.2, -0.15) is 0 Å². The van der Waals surface area contributed by atoms with Crippen LogP contribution in [0.1, 0.15) is 69.8 Å². The fourth-order valence-electron chi connectivity index (χ4n) is 5.85. The van der Waals surface area contributed by atoms with Gasteiger partial charge < -0.3 is 24.8 Å². The first-order chi connectivity index (χ1) is 17.0. The van der Waals surface area contributed by atoms with Gasteiger partial charge in [0.25, 0.3) is 0 Å². The number of carbonyl (C=O) groups excluding carboxylic acids is 1. The van der Waals surface area contributed by atoms with E-state index in [-0.39, 0.29) is 5.91 Å². The maximum absolute atomic E-state index is 13.4. The number of rotatable bonds is 13. The number of nitrogens with one attached hydrogen (secondary N) is 1. The minimum absolute atomic E-state index is 0.169. The fourth-order valence-corrected chi connectivity index (χ4v) is 6.04. The Balaban J connectivity index is 1.67. The van der Waals surface area contributed by atoms with E-state index in [1.807, 2.05) is 36.2 Å². The Hall–Kier alpha value is -1.18. The summed E-state index contributed by atoms with van der Waals surface area (Å²) in [6.45, 7) is 2.90. The first-order valence-electron chi connectivity index (χ1n) is 13.5. The first-order valence-corrected chi connectivity index (χ1v) is 13.9. The lowest BCUT2D eigenvalue weighted by atomic mass is 9.81. The highest BCUT2D eigenvalue weighted by Crippen LogP contribution is 2.36. The molecule has 0 aromatic heterocycles. The molecule has 3 atom stereocenters. The van der Waals surface area contributed by atoms with Gasteiger partial charge in [-0.1, -0.05) is 55.8 Å². The third-order valence-electron chi connectivity index (χ3n) is 7.78. The molecule has 0 unspecified atom stereocenters. The number of benzene rings is 1. The van der Waals surface area contributed by atoms with Crippen LogP contribution in [0.3, 0.4) is 0 Å². The number of morpholine rings is 1. The van der Waals surface area contributed by atoms with Gasteiger partial charge in [0.15, 0.2) is 0 Å². The van der Waals surface area contributed by atoms with Crippen molar-refractivity contribution in [2.24, 2.45) is 11.8 Å². The zero-order valence-electron chi connectivity index (χ0n) is 21.6. The molecule has 1 aliphatic heterocycles. The average Bonchev–Trinajstić information content (AvgIpc) is 2.87. The quantitative estimate of drug-likeness (QED) is 0.376. The van der Waals surface area contributed by atoms with Crippen LogP contribution in [0.5, 0.6) is 0 Å². The van der Waals surface area contributed by atoms with E-state index in [1.54, 1.807) is 7.11 Å². The van der Waals surface area contributed by atoms with Crippen molar-refractivity contribution in [3.05, 3.63) is 34.9 Å². The number of hydrogen-bond donors (Lipinski definition) is 2. The number of hydrogen-bond acceptors (Lipinski definition) is 5. The van der Waals surface area contributed by atoms with Gasteiger partial charge in [-0.15, -0.1) is 0 Å². The summed E-state index contributed by atoms with van der Waals surface area (Å²) in [5.74, 6) is 1.26. The SMILES string of the molecule is CNC[C@@H](CC(=O)N1CCO[C@@H]([C@@](O)(CCCCOC)c2cccc(Cl)c2)C1)CC1CCCCC1. The second-order valence-electron chi connectivity index (χ2n) is 10.5. The monoisotopic (exact) mass is 508 g/mol. The molecule has 35 heavy (non-hydrogen) atoms. The van der Waals surface area contributed by atoms with E-state index >= 15 is 0 Å². The van der Waals surface area contributed by atoms with Gasteiger partial charge in [-0.25, -0.2) is 0 Å². The molecule has 2 N–H and O–H groups in total. The molecule has 1 saturated carbocycles. The van der Waals surface area contributed by atoms with E-state index in [4.69, 9.17) is 21.1 Å². The molecule has 198 valence electrons. The molecule has 0 spiro atoms. The predicted molar refractivity (Wildman–Crippen MR) is 141 cm³/mol. The van der Waals surface area contributed by atoms with Crippen molar-refractivity contribution in [2.45, 2.75) is 75.9 Å². The summed E-state index contributed by atoms with van der Waals surface area (Å²) >= 11 is 6.28. The summed E-state index contributed by atoms with van der Waals surface area (Å²) in [5, 5.41) is 15.8. The lowest BCUT2D eigenvalue weighted by Crippen LogP contribution is -2.54. The summed E-state index contributed by atoms with van der Waals surface area (Å²) < 4.78 is 11.3. The van der Waals surface area contributed by atoms with E-state index in [0.29, 0.717) is 50.1 Å². The maximum atomic E-state index is 13.4. The largest absolute Gasteiger partial charge is 0.385 e. The van der Waals surface area contributed by atoms with Gasteiger partial charge in [0.1, 0.15) is 11.7 Å². The lowest BCUT2D eigenvalue weighted by Gasteiger charge is -2.43. The van der Waals surface area contributed by atoms with E-state index < -0.39 is 11.7 Å². The number of aliphatic hydroxyl groups is 1. The topological polar surface area (TPSA) is 71.0 Å². The van der Waals surface area contributed by atoms with Crippen molar-refractivity contribution in [3.8, 4) is 0 Å². The number of ether oxygens (including phenoxy) is 2. The minimum atomic E-state index is -1.22. The number of methoxy groups -OCH3 is 1. The van der Waals surface area contributed by atoms with Crippen LogP contribution in [0.25, 0.3) is 0 Å². The van der Waals surface area contributed by atoms with E-state index in [1.165, 1.54) is 32.1 Å². The van der Waals surface area contributed by atoms with E-state index in [0.717, 1.165) is 37.3 Å². The minimum Gasteiger partial charge on any atom is -0.385 e. The van der Waals surface area contributed by atoms with Crippen LogP contribution in [-0.4, -0.2) is 69.0 Å². The van der Waals surface area contributed by atoms with Gasteiger partial charge in [-0.3, -0.25) is 4.79 Å². The Morgan fingerprint density at radius 1 is 1.31 bits per heavy atom. The predicted octanol–water partition coefficient (Wildman–Crippen LogP) is 4.77. The third-order valence-corrected chi connectivity index (χ3v) is 8.02. The van der Waals surface area contributed by atoms with Crippen LogP contribution in [0.2, 0.25) is 5.02 Å². The van der Waals surface area contributed by atoms with Crippen molar-refractivity contribution in [3.63, 3.8) is 0 Å². The lowest BCUT2D eigenvalue weighted by molar-refractivity contribution is -0.166. The highest BCUT2D eigenvalue weighted by molar-refractivity contribution is 6.30. The molecule has 2 fully saturated rings. The molecule has 2 aliphatic rings. The number of nitrogens with zero attached hydrogens (tertiary/aromatic N) is 1. The van der Waals surface area contributed by atoms with Crippen LogP contribution in [0.15, 0.2) is 24.3 Å². The molecule has 7 heteroatoms. The molecular formula is C28H45ClN2O4. The molecule has 1 saturated heterocycles. The van der Waals surface area contributed by atoms with E-state index in [9.17, 15) is 9.90 Å². The second kappa shape index (κ2) is 14.5. The Kier molecular flexibility index (Phi) is 11.8. The Morgan fingerprint density at radius 3 is 2.83 bits per heavy atom. The van der Waals surface area contributed by atoms with E-state index in [2.05, 4.69) is 5.32 Å². The fraction of sp³-hybridized carbons (Fsp3) is 0.750. The molecular weight excluding hydrogens is 464 g/mol. The number of carbonyl (C=O) groups is 1. The van der Waals surface area contributed by atoms with Crippen molar-refractivity contribution >= 4 is 17.5 Å². The number of halogens is 1. The van der Waals surface area contributed by atoms with Crippen LogP contribution in [-0.2, 0) is 19.9 Å². The first kappa shape index (κ1) is 28.4. The molecule has 0 radical (unpaired) electrons. The Bertz CT molecular complexity index is 773. The molecule has 6 nitrogen and oxygen atoms in total. The van der Waals surface area contributed by atoms with Crippen LogP contribution >= 0.6 is 11.6 Å². The van der Waals surface area contributed by atoms with Crippen molar-refractivity contribution in [1.82, 2.24) is 10.2 Å². The molecule has 1 aliphatic carbocycles. The summed E-state index contributed by atoms with van der Waals surface area (Å²) in [6, 6.07) is 7.38. The van der Waals surface area contributed by atoms with Gasteiger partial charge >= 0.3 is 0 Å². The van der Waals surface area contributed by atoms with Gasteiger partial charge in [0, 0.05) is 31.7 Å². The van der Waals surface area contributed by atoms with Crippen LogP contribution < -0.4 is 5.32 Å². The van der Waals surface area contributed by atoms with Gasteiger partial charge in [-0.05, 0) is 68.8 Å². The summed E-state index contributed by atoms with van der Waals surface area (Å²) in [5.41, 5.74) is -0.476. The van der Waals surface area contributed by atoms with Crippen molar-refractivity contribution in [1.29, 1.82) is 0 Å². The molecule has 0 bridgehead atoms. The average molecular weight is 509 g/mol. The molecule has 3 rings (SSSR count).